The summed E-state index contributed by atoms with van der Waals surface area (Å²) < 4.78 is 42.1. The van der Waals surface area contributed by atoms with Gasteiger partial charge in [0.05, 0.1) is 22.3 Å². The molecule has 196 valence electrons. The van der Waals surface area contributed by atoms with E-state index in [2.05, 4.69) is 10.5 Å². The lowest BCUT2D eigenvalue weighted by molar-refractivity contribution is 0.0954. The molecule has 1 N–H and O–H groups in total. The number of fused-ring (bicyclic) bond motifs is 1. The van der Waals surface area contributed by atoms with Gasteiger partial charge in [-0.25, -0.2) is 18.2 Å². The Labute approximate surface area is 220 Å². The minimum atomic E-state index is -3.72. The molecule has 2 aromatic heterocycles. The van der Waals surface area contributed by atoms with E-state index in [4.69, 9.17) is 0 Å². The van der Waals surface area contributed by atoms with Gasteiger partial charge in [-0.1, -0.05) is 26.0 Å². The van der Waals surface area contributed by atoms with Gasteiger partial charge < -0.3 is 4.40 Å². The maximum atomic E-state index is 13.4. The van der Waals surface area contributed by atoms with E-state index in [0.29, 0.717) is 41.0 Å². The summed E-state index contributed by atoms with van der Waals surface area (Å²) in [5, 5.41) is 4.09. The summed E-state index contributed by atoms with van der Waals surface area (Å²) in [5.41, 5.74) is 5.27. The summed E-state index contributed by atoms with van der Waals surface area (Å²) in [6.07, 6.45) is 3.19. The maximum absolute atomic E-state index is 13.4. The molecule has 1 amide bonds. The van der Waals surface area contributed by atoms with E-state index < -0.39 is 21.7 Å². The first-order valence-electron chi connectivity index (χ1n) is 12.0. The molecule has 4 aromatic rings. The molecule has 0 unspecified atom stereocenters. The molecule has 0 saturated carbocycles. The highest BCUT2D eigenvalue weighted by molar-refractivity contribution is 7.89. The van der Waals surface area contributed by atoms with Crippen LogP contribution in [0.4, 0.5) is 4.39 Å². The van der Waals surface area contributed by atoms with Gasteiger partial charge in [0, 0.05) is 36.0 Å². The molecule has 0 radical (unpaired) electrons. The normalized spacial score (nSPS) is 11.9. The van der Waals surface area contributed by atoms with Crippen molar-refractivity contribution in [2.75, 3.05) is 13.1 Å². The van der Waals surface area contributed by atoms with E-state index in [1.54, 1.807) is 37.4 Å². The summed E-state index contributed by atoms with van der Waals surface area (Å²) in [7, 11) is -3.72. The van der Waals surface area contributed by atoms with E-state index in [0.717, 1.165) is 0 Å². The zero-order valence-electron chi connectivity index (χ0n) is 21.2. The van der Waals surface area contributed by atoms with E-state index >= 15 is 0 Å². The van der Waals surface area contributed by atoms with Crippen LogP contribution in [-0.2, 0) is 10.0 Å². The third kappa shape index (κ3) is 5.13. The lowest BCUT2D eigenvalue weighted by Crippen LogP contribution is -2.30. The van der Waals surface area contributed by atoms with Crippen molar-refractivity contribution in [1.29, 1.82) is 0 Å². The van der Waals surface area contributed by atoms with Crippen molar-refractivity contribution >= 4 is 33.4 Å². The Balaban J connectivity index is 1.61. The van der Waals surface area contributed by atoms with Crippen molar-refractivity contribution in [2.45, 2.75) is 25.7 Å². The maximum Gasteiger partial charge on any atom is 0.271 e. The molecule has 0 fully saturated rings. The molecule has 0 bridgehead atoms. The number of nitrogens with zero attached hydrogens (tertiary/aromatic N) is 3. The van der Waals surface area contributed by atoms with Crippen molar-refractivity contribution in [3.8, 4) is 0 Å². The van der Waals surface area contributed by atoms with Gasteiger partial charge in [0.15, 0.2) is 0 Å². The van der Waals surface area contributed by atoms with Crippen LogP contribution in [0.25, 0.3) is 5.52 Å². The highest BCUT2D eigenvalue weighted by Crippen LogP contribution is 2.24. The summed E-state index contributed by atoms with van der Waals surface area (Å²) >= 11 is 0. The number of aromatic nitrogens is 1. The fourth-order valence-corrected chi connectivity index (χ4v) is 5.77. The lowest BCUT2D eigenvalue weighted by Gasteiger charge is -2.18. The summed E-state index contributed by atoms with van der Waals surface area (Å²) in [6, 6.07) is 16.5. The van der Waals surface area contributed by atoms with E-state index in [-0.39, 0.29) is 16.2 Å². The number of hydrazone groups is 1. The second-order valence-electron chi connectivity index (χ2n) is 8.50. The number of rotatable bonds is 9. The summed E-state index contributed by atoms with van der Waals surface area (Å²) in [4.78, 5) is 26.1. The number of benzene rings is 2. The van der Waals surface area contributed by atoms with Crippen molar-refractivity contribution in [3.63, 3.8) is 0 Å². The average molecular weight is 535 g/mol. The van der Waals surface area contributed by atoms with Gasteiger partial charge in [-0.15, -0.1) is 0 Å². The number of carbonyl (C=O) groups is 2. The molecule has 38 heavy (non-hydrogen) atoms. The number of hydrogen-bond acceptors (Lipinski definition) is 5. The minimum absolute atomic E-state index is 0.0241. The molecular formula is C28H27FN4O4S. The Hall–Kier alpha value is -4.15. The minimum Gasteiger partial charge on any atom is -0.313 e. The fourth-order valence-electron chi connectivity index (χ4n) is 4.27. The number of amides is 1. The van der Waals surface area contributed by atoms with Crippen LogP contribution in [0.5, 0.6) is 0 Å². The van der Waals surface area contributed by atoms with E-state index in [9.17, 15) is 22.4 Å². The average Bonchev–Trinajstić information content (AvgIpc) is 3.20. The predicted molar refractivity (Wildman–Crippen MR) is 144 cm³/mol. The molecule has 0 aliphatic carbocycles. The first kappa shape index (κ1) is 26.9. The zero-order chi connectivity index (χ0) is 27.4. The van der Waals surface area contributed by atoms with Gasteiger partial charge in [-0.05, 0) is 67.1 Å². The highest BCUT2D eigenvalue weighted by Gasteiger charge is 2.23. The lowest BCUT2D eigenvalue weighted by atomic mass is 10.0. The van der Waals surface area contributed by atoms with Crippen molar-refractivity contribution in [3.05, 3.63) is 107 Å². The molecule has 2 aromatic carbocycles. The van der Waals surface area contributed by atoms with Crippen LogP contribution in [0.2, 0.25) is 0 Å². The quantitative estimate of drug-likeness (QED) is 0.195. The van der Waals surface area contributed by atoms with Crippen molar-refractivity contribution < 1.29 is 22.4 Å². The molecule has 0 spiro atoms. The number of carbonyl (C=O) groups excluding carboxylic acids is 2. The van der Waals surface area contributed by atoms with E-state index in [1.165, 1.54) is 59.1 Å². The zero-order valence-corrected chi connectivity index (χ0v) is 22.0. The Morgan fingerprint density at radius 3 is 2.39 bits per heavy atom. The van der Waals surface area contributed by atoms with Crippen molar-refractivity contribution in [2.24, 2.45) is 5.10 Å². The third-order valence-corrected chi connectivity index (χ3v) is 8.30. The van der Waals surface area contributed by atoms with Crippen LogP contribution >= 0.6 is 0 Å². The molecule has 0 atom stereocenters. The van der Waals surface area contributed by atoms with Crippen LogP contribution in [-0.4, -0.2) is 48.1 Å². The second kappa shape index (κ2) is 11.1. The van der Waals surface area contributed by atoms with Gasteiger partial charge >= 0.3 is 0 Å². The van der Waals surface area contributed by atoms with Gasteiger partial charge in [0.25, 0.3) is 5.91 Å². The Morgan fingerprint density at radius 2 is 1.71 bits per heavy atom. The number of nitrogens with one attached hydrogen (secondary N) is 1. The topological polar surface area (TPSA) is 100 Å². The second-order valence-corrected chi connectivity index (χ2v) is 10.4. The van der Waals surface area contributed by atoms with Gasteiger partial charge in [0.2, 0.25) is 15.8 Å². The molecule has 2 heterocycles. The van der Waals surface area contributed by atoms with E-state index in [1.807, 2.05) is 12.1 Å². The summed E-state index contributed by atoms with van der Waals surface area (Å²) in [6.45, 7) is 5.90. The first-order valence-corrected chi connectivity index (χ1v) is 13.5. The number of halogens is 1. The third-order valence-electron chi connectivity index (χ3n) is 6.26. The molecule has 0 aliphatic rings. The highest BCUT2D eigenvalue weighted by atomic mass is 32.2. The molecule has 4 rings (SSSR count). The molecular weight excluding hydrogens is 507 g/mol. The fraction of sp³-hybridized carbons (Fsp3) is 0.179. The Morgan fingerprint density at radius 1 is 1.00 bits per heavy atom. The largest absolute Gasteiger partial charge is 0.313 e. The summed E-state index contributed by atoms with van der Waals surface area (Å²) in [5.74, 6) is -1.29. The van der Waals surface area contributed by atoms with Crippen LogP contribution in [0.15, 0.2) is 82.9 Å². The molecule has 0 aliphatic heterocycles. The molecule has 10 heteroatoms. The monoisotopic (exact) mass is 534 g/mol. The number of sulfonamides is 1. The molecule has 0 saturated heterocycles. The smallest absolute Gasteiger partial charge is 0.271 e. The standard InChI is InChI=1S/C28H27FN4O4S/c1-4-32(5-2)38(36,37)23-10-8-9-21(17-23)28(35)31-30-18-24-19(3)26(33-16-7-6-11-25(24)33)27(34)20-12-14-22(29)15-13-20/h6-18H,4-5H2,1-3H3,(H,31,35)/b30-18+. The van der Waals surface area contributed by atoms with Gasteiger partial charge in [-0.2, -0.15) is 9.41 Å². The van der Waals surface area contributed by atoms with Crippen LogP contribution in [0.3, 0.4) is 0 Å². The van der Waals surface area contributed by atoms with Crippen LogP contribution in [0, 0.1) is 12.7 Å². The number of pyridine rings is 1. The molecule has 8 nitrogen and oxygen atoms in total. The Kier molecular flexibility index (Phi) is 7.84. The van der Waals surface area contributed by atoms with Crippen LogP contribution in [0.1, 0.15) is 51.4 Å². The van der Waals surface area contributed by atoms with Crippen molar-refractivity contribution in [1.82, 2.24) is 14.1 Å². The number of hydrogen-bond donors (Lipinski definition) is 1. The van der Waals surface area contributed by atoms with Gasteiger partial charge in [-0.3, -0.25) is 9.59 Å². The Bertz CT molecular complexity index is 1640. The SMILES string of the molecule is CCN(CC)S(=O)(=O)c1cccc(C(=O)N/N=C/c2c(C)c(C(=O)c3ccc(F)cc3)n3ccccc23)c1. The first-order chi connectivity index (χ1) is 18.2. The number of ketones is 1. The van der Waals surface area contributed by atoms with Crippen LogP contribution < -0.4 is 5.43 Å². The predicted octanol–water partition coefficient (Wildman–Crippen LogP) is 4.41. The van der Waals surface area contributed by atoms with Gasteiger partial charge in [0.1, 0.15) is 5.82 Å².